The number of pyridine rings is 1. The number of rotatable bonds is 8. The van der Waals surface area contributed by atoms with Gasteiger partial charge >= 0.3 is 0 Å². The van der Waals surface area contributed by atoms with Gasteiger partial charge < -0.3 is 19.7 Å². The van der Waals surface area contributed by atoms with Gasteiger partial charge in [0.1, 0.15) is 5.75 Å². The van der Waals surface area contributed by atoms with Crippen molar-refractivity contribution in [2.75, 3.05) is 13.7 Å². The average Bonchev–Trinajstić information content (AvgIpc) is 3.44. The molecule has 0 saturated carbocycles. The van der Waals surface area contributed by atoms with Crippen molar-refractivity contribution < 1.29 is 19.4 Å². The Morgan fingerprint density at radius 2 is 2.00 bits per heavy atom. The first kappa shape index (κ1) is 23.1. The highest BCUT2D eigenvalue weighted by atomic mass is 16.5. The molecule has 0 aliphatic carbocycles. The molecule has 4 aromatic rings. The van der Waals surface area contributed by atoms with E-state index >= 15 is 0 Å². The average molecular weight is 480 g/mol. The Labute approximate surface area is 208 Å². The van der Waals surface area contributed by atoms with Crippen LogP contribution in [-0.4, -0.2) is 45.3 Å². The molecule has 2 aromatic carbocycles. The van der Waals surface area contributed by atoms with Gasteiger partial charge in [-0.3, -0.25) is 14.6 Å². The summed E-state index contributed by atoms with van der Waals surface area (Å²) in [5.74, 6) is -0.769. The minimum absolute atomic E-state index is 0.0563. The van der Waals surface area contributed by atoms with E-state index in [-0.39, 0.29) is 5.57 Å². The normalized spacial score (nSPS) is 15.9. The summed E-state index contributed by atoms with van der Waals surface area (Å²) in [6.07, 6.45) is 8.75. The molecule has 1 atom stereocenters. The van der Waals surface area contributed by atoms with Crippen LogP contribution in [0.2, 0.25) is 0 Å². The van der Waals surface area contributed by atoms with Crippen LogP contribution in [0.15, 0.2) is 96.7 Å². The lowest BCUT2D eigenvalue weighted by molar-refractivity contribution is -0.129. The number of hydrogen-bond donors (Lipinski definition) is 2. The Bertz CT molecular complexity index is 1470. The molecule has 1 amide bonds. The van der Waals surface area contributed by atoms with Gasteiger partial charge in [-0.25, -0.2) is 0 Å². The Hall–Kier alpha value is -4.65. The fraction of sp³-hybridized carbons (Fsp3) is 0.138. The van der Waals surface area contributed by atoms with Crippen LogP contribution in [0.1, 0.15) is 22.7 Å². The van der Waals surface area contributed by atoms with Gasteiger partial charge in [-0.05, 0) is 53.5 Å². The maximum atomic E-state index is 13.3. The van der Waals surface area contributed by atoms with Crippen molar-refractivity contribution in [3.05, 3.63) is 113 Å². The third kappa shape index (κ3) is 4.38. The number of benzene rings is 2. The topological polar surface area (TPSA) is 95.5 Å². The number of allylic oxidation sites excluding steroid dienone is 1. The largest absolute Gasteiger partial charge is 0.503 e. The predicted molar refractivity (Wildman–Crippen MR) is 137 cm³/mol. The van der Waals surface area contributed by atoms with E-state index < -0.39 is 23.5 Å². The summed E-state index contributed by atoms with van der Waals surface area (Å²) < 4.78 is 5.36. The molecule has 1 aliphatic rings. The molecular weight excluding hydrogens is 454 g/mol. The first-order valence-electron chi connectivity index (χ1n) is 11.6. The second kappa shape index (κ2) is 9.92. The van der Waals surface area contributed by atoms with Gasteiger partial charge in [0.2, 0.25) is 0 Å². The highest BCUT2D eigenvalue weighted by Gasteiger charge is 2.42. The zero-order chi connectivity index (χ0) is 25.1. The maximum Gasteiger partial charge on any atom is 0.290 e. The van der Waals surface area contributed by atoms with E-state index in [4.69, 9.17) is 4.74 Å². The summed E-state index contributed by atoms with van der Waals surface area (Å²) in [5.41, 5.74) is 3.53. The van der Waals surface area contributed by atoms with Crippen molar-refractivity contribution in [1.82, 2.24) is 14.9 Å². The molecule has 0 radical (unpaired) electrons. The minimum atomic E-state index is -0.737. The van der Waals surface area contributed by atoms with Gasteiger partial charge in [0.05, 0.1) is 18.7 Å². The number of carbonyl (C=O) groups excluding carboxylic acids is 2. The number of aromatic amines is 1. The van der Waals surface area contributed by atoms with E-state index in [1.807, 2.05) is 54.7 Å². The Balaban J connectivity index is 1.45. The fourth-order valence-corrected chi connectivity index (χ4v) is 4.58. The van der Waals surface area contributed by atoms with Crippen LogP contribution < -0.4 is 4.74 Å². The summed E-state index contributed by atoms with van der Waals surface area (Å²) >= 11 is 0. The molecule has 0 spiro atoms. The quantitative estimate of drug-likeness (QED) is 0.354. The lowest BCUT2D eigenvalue weighted by Gasteiger charge is -2.26. The molecule has 5 rings (SSSR count). The molecule has 1 aliphatic heterocycles. The summed E-state index contributed by atoms with van der Waals surface area (Å²) in [6, 6.07) is 18.0. The number of nitrogens with zero attached hydrogens (tertiary/aromatic N) is 2. The number of methoxy groups -OCH3 is 1. The summed E-state index contributed by atoms with van der Waals surface area (Å²) in [5, 5.41) is 11.8. The van der Waals surface area contributed by atoms with Gasteiger partial charge in [0.15, 0.2) is 11.5 Å². The number of amides is 1. The molecule has 0 unspecified atom stereocenters. The monoisotopic (exact) mass is 479 g/mol. The Kier molecular flexibility index (Phi) is 6.36. The number of hydrogen-bond acceptors (Lipinski definition) is 5. The predicted octanol–water partition coefficient (Wildman–Crippen LogP) is 4.79. The van der Waals surface area contributed by atoms with E-state index in [0.717, 1.165) is 27.8 Å². The van der Waals surface area contributed by atoms with Gasteiger partial charge in [-0.2, -0.15) is 0 Å². The number of fused-ring (bicyclic) bond motifs is 1. The molecule has 2 aromatic heterocycles. The van der Waals surface area contributed by atoms with E-state index in [1.54, 1.807) is 37.7 Å². The molecule has 180 valence electrons. The highest BCUT2D eigenvalue weighted by molar-refractivity contribution is 6.14. The molecule has 7 heteroatoms. The maximum absolute atomic E-state index is 13.3. The van der Waals surface area contributed by atoms with Crippen molar-refractivity contribution in [2.24, 2.45) is 0 Å². The smallest absolute Gasteiger partial charge is 0.290 e. The van der Waals surface area contributed by atoms with Crippen LogP contribution in [0.4, 0.5) is 0 Å². The molecular formula is C29H25N3O4. The Morgan fingerprint density at radius 3 is 2.75 bits per heavy atom. The second-order valence-corrected chi connectivity index (χ2v) is 8.53. The number of ether oxygens (including phenoxy) is 1. The number of aliphatic hydroxyl groups is 1. The molecule has 7 nitrogen and oxygen atoms in total. The van der Waals surface area contributed by atoms with Gasteiger partial charge in [0, 0.05) is 36.0 Å². The zero-order valence-corrected chi connectivity index (χ0v) is 19.7. The van der Waals surface area contributed by atoms with Crippen molar-refractivity contribution in [3.8, 4) is 5.75 Å². The first-order chi connectivity index (χ1) is 17.6. The van der Waals surface area contributed by atoms with Crippen LogP contribution in [0, 0.1) is 0 Å². The summed E-state index contributed by atoms with van der Waals surface area (Å²) in [4.78, 5) is 35.4. The second-order valence-electron chi connectivity index (χ2n) is 8.53. The number of aromatic nitrogens is 2. The van der Waals surface area contributed by atoms with E-state index in [1.165, 1.54) is 11.0 Å². The third-order valence-corrected chi connectivity index (χ3v) is 6.39. The van der Waals surface area contributed by atoms with Crippen molar-refractivity contribution >= 4 is 28.7 Å². The molecule has 3 heterocycles. The lowest BCUT2D eigenvalue weighted by atomic mass is 9.96. The number of aliphatic hydroxyl groups excluding tert-OH is 1. The van der Waals surface area contributed by atoms with Crippen LogP contribution in [0.5, 0.6) is 5.75 Å². The van der Waals surface area contributed by atoms with E-state index in [2.05, 4.69) is 9.97 Å². The fourth-order valence-electron chi connectivity index (χ4n) is 4.58. The van der Waals surface area contributed by atoms with Crippen molar-refractivity contribution in [2.45, 2.75) is 12.5 Å². The van der Waals surface area contributed by atoms with Gasteiger partial charge in [-0.15, -0.1) is 0 Å². The Morgan fingerprint density at radius 1 is 1.17 bits per heavy atom. The minimum Gasteiger partial charge on any atom is -0.503 e. The number of H-pyrrole nitrogens is 1. The third-order valence-electron chi connectivity index (χ3n) is 6.39. The number of carbonyl (C=O) groups is 2. The van der Waals surface area contributed by atoms with Crippen LogP contribution in [0.25, 0.3) is 17.0 Å². The molecule has 0 saturated heterocycles. The van der Waals surface area contributed by atoms with E-state index in [9.17, 15) is 14.7 Å². The summed E-state index contributed by atoms with van der Waals surface area (Å²) in [6.45, 7) is 0.297. The SMILES string of the molecule is COc1ccc2[nH]cc(CCN3C(=O)C(O)=C(C(=O)/C=C/c4ccccc4)[C@H]3c3cccnc3)c2c1. The van der Waals surface area contributed by atoms with Crippen LogP contribution in [-0.2, 0) is 16.0 Å². The highest BCUT2D eigenvalue weighted by Crippen LogP contribution is 2.38. The lowest BCUT2D eigenvalue weighted by Crippen LogP contribution is -2.33. The van der Waals surface area contributed by atoms with Crippen molar-refractivity contribution in [1.29, 1.82) is 0 Å². The summed E-state index contributed by atoms with van der Waals surface area (Å²) in [7, 11) is 1.62. The van der Waals surface area contributed by atoms with Gasteiger partial charge in [-0.1, -0.05) is 42.5 Å². The van der Waals surface area contributed by atoms with Gasteiger partial charge in [0.25, 0.3) is 5.91 Å². The zero-order valence-electron chi connectivity index (χ0n) is 19.7. The number of ketones is 1. The van der Waals surface area contributed by atoms with E-state index in [0.29, 0.717) is 18.5 Å². The molecule has 0 fully saturated rings. The van der Waals surface area contributed by atoms with Crippen molar-refractivity contribution in [3.63, 3.8) is 0 Å². The molecule has 2 N–H and O–H groups in total. The molecule has 36 heavy (non-hydrogen) atoms. The van der Waals surface area contributed by atoms with Crippen LogP contribution in [0.3, 0.4) is 0 Å². The number of nitrogens with one attached hydrogen (secondary N) is 1. The first-order valence-corrected chi connectivity index (χ1v) is 11.6. The molecule has 0 bridgehead atoms. The van der Waals surface area contributed by atoms with Crippen LogP contribution >= 0.6 is 0 Å². The standard InChI is InChI=1S/C29H25N3O4/c1-36-22-10-11-24-23(16-22)20(18-31-24)13-15-32-27(21-8-5-14-30-17-21)26(28(34)29(32)35)25(33)12-9-19-6-3-2-4-7-19/h2-12,14,16-18,27,31,34H,13,15H2,1H3/b12-9+/t27-/m1/s1.